The highest BCUT2D eigenvalue weighted by molar-refractivity contribution is 5.90. The molecule has 1 aromatic carbocycles. The maximum atomic E-state index is 13.3. The number of nitrogens with zero attached hydrogens (tertiary/aromatic N) is 1. The fourth-order valence-electron chi connectivity index (χ4n) is 6.05. The van der Waals surface area contributed by atoms with Gasteiger partial charge in [-0.1, -0.05) is 44.5 Å². The number of hydroxylamine groups is 1. The van der Waals surface area contributed by atoms with Crippen molar-refractivity contribution in [2.24, 2.45) is 23.2 Å². The minimum absolute atomic E-state index is 0.280. The number of amides is 1. The summed E-state index contributed by atoms with van der Waals surface area (Å²) in [5.41, 5.74) is 3.90. The lowest BCUT2D eigenvalue weighted by Crippen LogP contribution is -2.44. The van der Waals surface area contributed by atoms with Crippen LogP contribution < -0.4 is 5.48 Å². The molecule has 30 heavy (non-hydrogen) atoms. The zero-order valence-corrected chi connectivity index (χ0v) is 18.4. The van der Waals surface area contributed by atoms with Crippen LogP contribution >= 0.6 is 0 Å². The Bertz CT molecular complexity index is 704. The second-order valence-electron chi connectivity index (χ2n) is 9.88. The molecule has 1 amide bonds. The third kappa shape index (κ3) is 6.39. The lowest BCUT2D eigenvalue weighted by atomic mass is 9.59. The van der Waals surface area contributed by atoms with Crippen molar-refractivity contribution in [1.82, 2.24) is 10.4 Å². The van der Waals surface area contributed by atoms with Gasteiger partial charge in [-0.3, -0.25) is 14.9 Å². The maximum Gasteiger partial charge on any atom is 0.267 e. The van der Waals surface area contributed by atoms with Crippen LogP contribution in [0.1, 0.15) is 63.5 Å². The molecule has 2 fully saturated rings. The molecule has 2 aliphatic rings. The van der Waals surface area contributed by atoms with Gasteiger partial charge in [0.05, 0.1) is 0 Å². The Kier molecular flexibility index (Phi) is 8.06. The lowest BCUT2D eigenvalue weighted by Gasteiger charge is -2.49. The Labute approximate surface area is 180 Å². The minimum Gasteiger partial charge on any atom is -0.296 e. The Morgan fingerprint density at radius 3 is 2.47 bits per heavy atom. The quantitative estimate of drug-likeness (QED) is 0.330. The van der Waals surface area contributed by atoms with Gasteiger partial charge in [0, 0.05) is 25.7 Å². The SMILES string of the molecule is CCC1CC2CC(C1)CC(C)(CN(CCF)Cc1ccc(/C=C/C(=O)NO)cc1)C2. The van der Waals surface area contributed by atoms with E-state index in [9.17, 15) is 9.18 Å². The molecule has 2 aliphatic carbocycles. The first-order chi connectivity index (χ1) is 14.4. The molecular formula is C25H37FN2O2. The number of alkyl halides is 1. The number of carbonyl (C=O) groups is 1. The molecule has 4 nitrogen and oxygen atoms in total. The molecule has 0 spiro atoms. The monoisotopic (exact) mass is 416 g/mol. The number of hydrogen-bond acceptors (Lipinski definition) is 3. The van der Waals surface area contributed by atoms with Gasteiger partial charge in [0.2, 0.25) is 0 Å². The molecule has 0 heterocycles. The van der Waals surface area contributed by atoms with Crippen LogP contribution in [0.4, 0.5) is 4.39 Å². The summed E-state index contributed by atoms with van der Waals surface area (Å²) in [5.74, 6) is 2.06. The van der Waals surface area contributed by atoms with E-state index in [1.165, 1.54) is 44.6 Å². The Morgan fingerprint density at radius 2 is 1.90 bits per heavy atom. The molecule has 2 N–H and O–H groups in total. The van der Waals surface area contributed by atoms with Gasteiger partial charge in [-0.05, 0) is 72.5 Å². The van der Waals surface area contributed by atoms with E-state index in [4.69, 9.17) is 5.21 Å². The first-order valence-electron chi connectivity index (χ1n) is 11.4. The normalized spacial score (nSPS) is 28.8. The minimum atomic E-state index is -0.552. The van der Waals surface area contributed by atoms with Gasteiger partial charge in [0.25, 0.3) is 5.91 Å². The van der Waals surface area contributed by atoms with Gasteiger partial charge in [-0.2, -0.15) is 0 Å². The molecule has 2 unspecified atom stereocenters. The molecule has 0 radical (unpaired) electrons. The van der Waals surface area contributed by atoms with Crippen LogP contribution in [0.2, 0.25) is 0 Å². The van der Waals surface area contributed by atoms with Gasteiger partial charge >= 0.3 is 0 Å². The summed E-state index contributed by atoms with van der Waals surface area (Å²) in [4.78, 5) is 13.4. The number of carbonyl (C=O) groups excluding carboxylic acids is 1. The summed E-state index contributed by atoms with van der Waals surface area (Å²) >= 11 is 0. The number of nitrogens with one attached hydrogen (secondary N) is 1. The standard InChI is InChI=1S/C25H37FN2O2/c1-3-19-12-22-14-23(13-19)16-25(2,15-22)18-28(11-10-26)17-21-6-4-20(5-7-21)8-9-24(29)27-30/h4-9,19,22-23,30H,3,10-18H2,1-2H3,(H,27,29)/b9-8+. The van der Waals surface area contributed by atoms with Crippen molar-refractivity contribution >= 4 is 12.0 Å². The second-order valence-corrected chi connectivity index (χ2v) is 9.88. The third-order valence-electron chi connectivity index (χ3n) is 7.07. The Balaban J connectivity index is 1.61. The molecule has 0 aliphatic heterocycles. The highest BCUT2D eigenvalue weighted by Gasteiger charge is 2.42. The smallest absolute Gasteiger partial charge is 0.267 e. The average molecular weight is 417 g/mol. The van der Waals surface area contributed by atoms with Gasteiger partial charge in [0.1, 0.15) is 6.67 Å². The molecule has 2 bridgehead atoms. The Morgan fingerprint density at radius 1 is 1.23 bits per heavy atom. The summed E-state index contributed by atoms with van der Waals surface area (Å²) in [6.07, 6.45) is 11.0. The van der Waals surface area contributed by atoms with Crippen LogP contribution in [0.5, 0.6) is 0 Å². The van der Waals surface area contributed by atoms with Crippen LogP contribution in [0.3, 0.4) is 0 Å². The molecule has 3 rings (SSSR count). The number of hydrogen-bond donors (Lipinski definition) is 2. The second kappa shape index (κ2) is 10.5. The van der Waals surface area contributed by atoms with E-state index in [2.05, 4.69) is 18.7 Å². The van der Waals surface area contributed by atoms with Crippen molar-refractivity contribution in [2.75, 3.05) is 19.8 Å². The zero-order chi connectivity index (χ0) is 21.6. The summed E-state index contributed by atoms with van der Waals surface area (Å²) < 4.78 is 13.3. The number of fused-ring (bicyclic) bond motifs is 2. The zero-order valence-electron chi connectivity index (χ0n) is 18.4. The number of rotatable bonds is 9. The van der Waals surface area contributed by atoms with E-state index in [0.29, 0.717) is 6.54 Å². The van der Waals surface area contributed by atoms with Crippen LogP contribution in [-0.4, -0.2) is 35.8 Å². The van der Waals surface area contributed by atoms with E-state index in [-0.39, 0.29) is 12.1 Å². The highest BCUT2D eigenvalue weighted by atomic mass is 19.1. The molecule has 166 valence electrons. The molecule has 0 saturated heterocycles. The molecule has 1 aromatic rings. The third-order valence-corrected chi connectivity index (χ3v) is 7.07. The van der Waals surface area contributed by atoms with Crippen LogP contribution in [0.25, 0.3) is 6.08 Å². The largest absolute Gasteiger partial charge is 0.296 e. The van der Waals surface area contributed by atoms with Gasteiger partial charge in [0.15, 0.2) is 0 Å². The molecule has 2 saturated carbocycles. The van der Waals surface area contributed by atoms with Crippen LogP contribution in [0.15, 0.2) is 30.3 Å². The predicted molar refractivity (Wildman–Crippen MR) is 119 cm³/mol. The molecule has 0 aromatic heterocycles. The van der Waals surface area contributed by atoms with E-state index in [1.54, 1.807) is 11.6 Å². The van der Waals surface area contributed by atoms with Crippen molar-refractivity contribution in [1.29, 1.82) is 0 Å². The maximum absolute atomic E-state index is 13.3. The summed E-state index contributed by atoms with van der Waals surface area (Å²) in [5, 5.41) is 8.55. The number of halogens is 1. The summed E-state index contributed by atoms with van der Waals surface area (Å²) in [6, 6.07) is 7.96. The van der Waals surface area contributed by atoms with Crippen molar-refractivity contribution in [3.8, 4) is 0 Å². The first-order valence-corrected chi connectivity index (χ1v) is 11.4. The van der Waals surface area contributed by atoms with Gasteiger partial charge in [-0.15, -0.1) is 0 Å². The molecule has 5 heteroatoms. The molecular weight excluding hydrogens is 379 g/mol. The fraction of sp³-hybridized carbons (Fsp3) is 0.640. The summed E-state index contributed by atoms with van der Waals surface area (Å²) in [6.45, 7) is 6.60. The van der Waals surface area contributed by atoms with Crippen molar-refractivity contribution in [3.05, 3.63) is 41.5 Å². The van der Waals surface area contributed by atoms with Crippen LogP contribution in [0, 0.1) is 23.2 Å². The van der Waals surface area contributed by atoms with Crippen molar-refractivity contribution < 1.29 is 14.4 Å². The van der Waals surface area contributed by atoms with Crippen molar-refractivity contribution in [3.63, 3.8) is 0 Å². The first kappa shape index (κ1) is 23.0. The van der Waals surface area contributed by atoms with Gasteiger partial charge in [-0.25, -0.2) is 9.87 Å². The van der Waals surface area contributed by atoms with E-state index >= 15 is 0 Å². The number of benzene rings is 1. The highest BCUT2D eigenvalue weighted by Crippen LogP contribution is 2.51. The van der Waals surface area contributed by atoms with Crippen molar-refractivity contribution in [2.45, 2.75) is 58.9 Å². The van der Waals surface area contributed by atoms with E-state index in [1.807, 2.05) is 24.3 Å². The topological polar surface area (TPSA) is 52.6 Å². The average Bonchev–Trinajstić information content (AvgIpc) is 2.72. The predicted octanol–water partition coefficient (Wildman–Crippen LogP) is 5.22. The van der Waals surface area contributed by atoms with Gasteiger partial charge < -0.3 is 0 Å². The lowest BCUT2D eigenvalue weighted by molar-refractivity contribution is -0.124. The van der Waals surface area contributed by atoms with Crippen LogP contribution in [-0.2, 0) is 11.3 Å². The Hall–Kier alpha value is -1.72. The fourth-order valence-corrected chi connectivity index (χ4v) is 6.05. The van der Waals surface area contributed by atoms with E-state index < -0.39 is 5.91 Å². The summed E-state index contributed by atoms with van der Waals surface area (Å²) in [7, 11) is 0. The van der Waals surface area contributed by atoms with E-state index in [0.717, 1.165) is 42.0 Å². The molecule has 2 atom stereocenters.